The number of quaternary nitrogens is 1. The first-order valence-corrected chi connectivity index (χ1v) is 15.3. The molecule has 0 heterocycles. The van der Waals surface area contributed by atoms with Crippen molar-refractivity contribution in [1.29, 1.82) is 0 Å². The van der Waals surface area contributed by atoms with Crippen LogP contribution in [0.3, 0.4) is 0 Å². The van der Waals surface area contributed by atoms with E-state index in [0.717, 1.165) is 12.8 Å². The van der Waals surface area contributed by atoms with Gasteiger partial charge in [-0.15, -0.1) is 0 Å². The van der Waals surface area contributed by atoms with Gasteiger partial charge < -0.3 is 27.9 Å². The molecule has 2 atom stereocenters. The highest BCUT2D eigenvalue weighted by Crippen LogP contribution is 2.39. The van der Waals surface area contributed by atoms with Crippen LogP contribution < -0.4 is 4.89 Å². The van der Waals surface area contributed by atoms with Gasteiger partial charge in [0, 0.05) is 13.7 Å². The maximum absolute atomic E-state index is 12.1. The summed E-state index contributed by atoms with van der Waals surface area (Å²) in [6.45, 7) is 3.82. The molecule has 0 aromatic rings. The lowest BCUT2D eigenvalue weighted by Crippen LogP contribution is -2.38. The zero-order valence-electron chi connectivity index (χ0n) is 23.5. The Hall–Kier alpha value is -0.270. The summed E-state index contributed by atoms with van der Waals surface area (Å²) in [5, 5.41) is 0. The van der Waals surface area contributed by atoms with Gasteiger partial charge in [0.1, 0.15) is 19.3 Å². The zero-order chi connectivity index (χ0) is 26.3. The topological polar surface area (TPSA) is 77.1 Å². The minimum absolute atomic E-state index is 0.0841. The van der Waals surface area contributed by atoms with Crippen LogP contribution in [0.5, 0.6) is 0 Å². The molecule has 0 aliphatic carbocycles. The maximum atomic E-state index is 12.1. The van der Waals surface area contributed by atoms with E-state index in [-0.39, 0.29) is 19.8 Å². The largest absolute Gasteiger partial charge is 0.756 e. The molecule has 0 saturated heterocycles. The third kappa shape index (κ3) is 26.6. The molecule has 35 heavy (non-hydrogen) atoms. The Morgan fingerprint density at radius 2 is 1.34 bits per heavy atom. The quantitative estimate of drug-likeness (QED) is 0.0578. The van der Waals surface area contributed by atoms with Crippen LogP contribution >= 0.6 is 7.82 Å². The number of phosphoric acid groups is 1. The van der Waals surface area contributed by atoms with Crippen LogP contribution in [-0.2, 0) is 23.1 Å². The normalized spacial score (nSPS) is 15.0. The second kappa shape index (κ2) is 22.9. The molecule has 210 valence electrons. The lowest BCUT2D eigenvalue weighted by Gasteiger charge is -2.29. The van der Waals surface area contributed by atoms with Gasteiger partial charge in [-0.2, -0.15) is 0 Å². The summed E-state index contributed by atoms with van der Waals surface area (Å²) in [5.74, 6) is 0. The molecule has 0 fully saturated rings. The first-order chi connectivity index (χ1) is 16.7. The molecule has 0 aromatic carbocycles. The molecule has 0 bridgehead atoms. The van der Waals surface area contributed by atoms with Crippen molar-refractivity contribution in [2.45, 2.75) is 103 Å². The van der Waals surface area contributed by atoms with E-state index in [1.807, 2.05) is 21.1 Å². The Morgan fingerprint density at radius 1 is 0.800 bits per heavy atom. The predicted octanol–water partition coefficient (Wildman–Crippen LogP) is 6.26. The van der Waals surface area contributed by atoms with Gasteiger partial charge in [-0.25, -0.2) is 0 Å². The fraction of sp³-hybridized carbons (Fsp3) is 0.926. The van der Waals surface area contributed by atoms with Crippen molar-refractivity contribution in [2.24, 2.45) is 0 Å². The van der Waals surface area contributed by atoms with Crippen molar-refractivity contribution in [3.8, 4) is 0 Å². The number of rotatable bonds is 26. The summed E-state index contributed by atoms with van der Waals surface area (Å²) in [6, 6.07) is 0. The van der Waals surface area contributed by atoms with Crippen LogP contribution in [0.2, 0.25) is 0 Å². The van der Waals surface area contributed by atoms with Crippen LogP contribution in [0.15, 0.2) is 12.2 Å². The van der Waals surface area contributed by atoms with Gasteiger partial charge in [-0.3, -0.25) is 4.57 Å². The summed E-state index contributed by atoms with van der Waals surface area (Å²) in [6.07, 6.45) is 21.7. The smallest absolute Gasteiger partial charge is 0.268 e. The maximum Gasteiger partial charge on any atom is 0.268 e. The molecule has 0 spiro atoms. The molecule has 0 aliphatic rings. The molecule has 0 aliphatic heterocycles. The summed E-state index contributed by atoms with van der Waals surface area (Å²) < 4.78 is 33.5. The van der Waals surface area contributed by atoms with E-state index in [0.29, 0.717) is 17.6 Å². The summed E-state index contributed by atoms with van der Waals surface area (Å²) in [5.41, 5.74) is 0. The molecular formula is C27H56NO6P. The van der Waals surface area contributed by atoms with Crippen LogP contribution in [0, 0.1) is 0 Å². The Bertz CT molecular complexity index is 538. The number of hydrogen-bond donors (Lipinski definition) is 0. The molecule has 0 N–H and O–H groups in total. The fourth-order valence-corrected chi connectivity index (χ4v) is 4.45. The van der Waals surface area contributed by atoms with Crippen molar-refractivity contribution >= 4 is 7.82 Å². The number of phosphoric ester groups is 1. The lowest BCUT2D eigenvalue weighted by molar-refractivity contribution is -0.870. The summed E-state index contributed by atoms with van der Waals surface area (Å²) >= 11 is 0. The summed E-state index contributed by atoms with van der Waals surface area (Å²) in [7, 11) is 3.04. The highest BCUT2D eigenvalue weighted by Gasteiger charge is 2.20. The van der Waals surface area contributed by atoms with Gasteiger partial charge >= 0.3 is 0 Å². The van der Waals surface area contributed by atoms with Gasteiger partial charge in [0.2, 0.25) is 0 Å². The van der Waals surface area contributed by atoms with E-state index >= 15 is 0 Å². The number of likely N-dealkylation sites (N-methyl/N-ethyl adjacent to an activating group) is 1. The van der Waals surface area contributed by atoms with Crippen molar-refractivity contribution in [3.05, 3.63) is 12.2 Å². The van der Waals surface area contributed by atoms with E-state index in [1.165, 1.54) is 84.2 Å². The molecule has 1 unspecified atom stereocenters. The lowest BCUT2D eigenvalue weighted by atomic mass is 10.1. The number of hydrogen-bond acceptors (Lipinski definition) is 6. The van der Waals surface area contributed by atoms with E-state index in [4.69, 9.17) is 18.5 Å². The average molecular weight is 522 g/mol. The standard InChI is InChI=1S/C27H56NO6P/c1-6-7-8-9-10-11-12-13-14-15-16-17-18-19-20-21-23-32-26-27(25-31-5)34-35(29,30)33-24-22-28(2,3)4/h12-13,27H,6-11,14-26H2,1-5H3/b13-12-/t27-/m0/s1. The van der Waals surface area contributed by atoms with Crippen LogP contribution in [0.4, 0.5) is 0 Å². The van der Waals surface area contributed by atoms with Gasteiger partial charge in [0.05, 0.1) is 34.4 Å². The SMILES string of the molecule is CCCCCCC/C=C\CCCCCCCCCOC[C@H](COC)OP(=O)([O-])OCC[N+](C)(C)C. The Balaban J connectivity index is 3.66. The number of unbranched alkanes of at least 4 members (excludes halogenated alkanes) is 12. The van der Waals surface area contributed by atoms with E-state index < -0.39 is 13.9 Å². The Morgan fingerprint density at radius 3 is 1.89 bits per heavy atom. The van der Waals surface area contributed by atoms with Crippen molar-refractivity contribution in [3.63, 3.8) is 0 Å². The highest BCUT2D eigenvalue weighted by atomic mass is 31.2. The number of allylic oxidation sites excluding steroid dienone is 2. The third-order valence-electron chi connectivity index (χ3n) is 5.75. The predicted molar refractivity (Wildman–Crippen MR) is 143 cm³/mol. The molecular weight excluding hydrogens is 465 g/mol. The molecule has 0 amide bonds. The van der Waals surface area contributed by atoms with Gasteiger partial charge in [0.15, 0.2) is 0 Å². The summed E-state index contributed by atoms with van der Waals surface area (Å²) in [4.78, 5) is 12.1. The molecule has 0 aromatic heterocycles. The first kappa shape index (κ1) is 34.7. The van der Waals surface area contributed by atoms with E-state index in [1.54, 1.807) is 0 Å². The van der Waals surface area contributed by atoms with Gasteiger partial charge in [-0.1, -0.05) is 76.9 Å². The van der Waals surface area contributed by atoms with Crippen molar-refractivity contribution < 1.29 is 32.5 Å². The van der Waals surface area contributed by atoms with Crippen molar-refractivity contribution in [2.75, 3.05) is 61.2 Å². The Labute approximate surface area is 216 Å². The van der Waals surface area contributed by atoms with Crippen molar-refractivity contribution in [1.82, 2.24) is 0 Å². The van der Waals surface area contributed by atoms with Gasteiger partial charge in [0.25, 0.3) is 7.82 Å². The third-order valence-corrected chi connectivity index (χ3v) is 6.80. The molecule has 0 rings (SSSR count). The minimum Gasteiger partial charge on any atom is -0.756 e. The van der Waals surface area contributed by atoms with Crippen LogP contribution in [-0.4, -0.2) is 71.8 Å². The fourth-order valence-electron chi connectivity index (χ4n) is 3.60. The average Bonchev–Trinajstić information content (AvgIpc) is 2.77. The van der Waals surface area contributed by atoms with Crippen LogP contribution in [0.25, 0.3) is 0 Å². The number of methoxy groups -OCH3 is 1. The Kier molecular flexibility index (Phi) is 22.7. The van der Waals surface area contributed by atoms with E-state index in [2.05, 4.69) is 19.1 Å². The second-order valence-corrected chi connectivity index (χ2v) is 11.9. The van der Waals surface area contributed by atoms with Crippen LogP contribution in [0.1, 0.15) is 96.8 Å². The monoisotopic (exact) mass is 521 g/mol. The molecule has 0 saturated carbocycles. The highest BCUT2D eigenvalue weighted by molar-refractivity contribution is 7.45. The molecule has 8 heteroatoms. The van der Waals surface area contributed by atoms with E-state index in [9.17, 15) is 9.46 Å². The number of nitrogens with zero attached hydrogens (tertiary/aromatic N) is 1. The zero-order valence-corrected chi connectivity index (χ0v) is 24.4. The molecule has 0 radical (unpaired) electrons. The number of ether oxygens (including phenoxy) is 2. The van der Waals surface area contributed by atoms with Gasteiger partial charge in [-0.05, 0) is 32.1 Å². The minimum atomic E-state index is -4.38. The molecule has 7 nitrogen and oxygen atoms in total. The second-order valence-electron chi connectivity index (χ2n) is 10.5. The first-order valence-electron chi connectivity index (χ1n) is 13.9.